The van der Waals surface area contributed by atoms with E-state index < -0.39 is 11.6 Å². The molecule has 0 saturated heterocycles. The molecule has 0 radical (unpaired) electrons. The van der Waals surface area contributed by atoms with Crippen molar-refractivity contribution in [3.05, 3.63) is 35.5 Å². The first-order valence-corrected chi connectivity index (χ1v) is 7.34. The molecule has 0 spiro atoms. The number of aromatic nitrogens is 1. The topological polar surface area (TPSA) is 52.0 Å². The van der Waals surface area contributed by atoms with E-state index in [-0.39, 0.29) is 5.88 Å². The van der Waals surface area contributed by atoms with E-state index in [1.54, 1.807) is 0 Å². The second-order valence-electron chi connectivity index (χ2n) is 5.72. The van der Waals surface area contributed by atoms with Gasteiger partial charge in [0.05, 0.1) is 11.3 Å². The highest BCUT2D eigenvalue weighted by Gasteiger charge is 2.20. The van der Waals surface area contributed by atoms with Gasteiger partial charge in [-0.3, -0.25) is 0 Å². The summed E-state index contributed by atoms with van der Waals surface area (Å²) in [6.45, 7) is 0. The first-order valence-electron chi connectivity index (χ1n) is 7.34. The third kappa shape index (κ3) is 3.06. The fourth-order valence-electron chi connectivity index (χ4n) is 3.16. The van der Waals surface area contributed by atoms with Gasteiger partial charge in [0.1, 0.15) is 11.6 Å². The number of hydrogen-bond acceptors (Lipinski definition) is 3. The summed E-state index contributed by atoms with van der Waals surface area (Å²) in [7, 11) is 0. The predicted octanol–water partition coefficient (Wildman–Crippen LogP) is 4.32. The number of halogens is 2. The lowest BCUT2D eigenvalue weighted by Crippen LogP contribution is -1.98. The molecular formula is C16H18F2N2O. The number of nitrogen functional groups attached to an aromatic ring is 1. The highest BCUT2D eigenvalue weighted by Crippen LogP contribution is 2.34. The Morgan fingerprint density at radius 2 is 1.81 bits per heavy atom. The Morgan fingerprint density at radius 3 is 2.48 bits per heavy atom. The van der Waals surface area contributed by atoms with Crippen LogP contribution in [0.25, 0.3) is 11.1 Å². The minimum absolute atomic E-state index is 0.112. The fraction of sp³-hybridized carbons (Fsp3) is 0.438. The van der Waals surface area contributed by atoms with Crippen molar-refractivity contribution in [2.75, 3.05) is 5.73 Å². The van der Waals surface area contributed by atoms with Crippen molar-refractivity contribution in [1.82, 2.24) is 5.16 Å². The van der Waals surface area contributed by atoms with Gasteiger partial charge in [-0.15, -0.1) is 0 Å². The number of hydrogen-bond donors (Lipinski definition) is 1. The third-order valence-corrected chi connectivity index (χ3v) is 4.20. The number of nitrogens with two attached hydrogens (primary N) is 1. The number of nitrogens with zero attached hydrogens (tertiary/aromatic N) is 1. The first kappa shape index (κ1) is 14.0. The molecule has 0 bridgehead atoms. The van der Waals surface area contributed by atoms with Gasteiger partial charge in [-0.25, -0.2) is 8.78 Å². The van der Waals surface area contributed by atoms with Crippen LogP contribution in [-0.4, -0.2) is 5.16 Å². The van der Waals surface area contributed by atoms with Crippen LogP contribution in [0.3, 0.4) is 0 Å². The number of anilines is 1. The normalized spacial score (nSPS) is 15.7. The summed E-state index contributed by atoms with van der Waals surface area (Å²) in [5, 5.41) is 3.97. The molecule has 21 heavy (non-hydrogen) atoms. The Kier molecular flexibility index (Phi) is 3.90. The minimum atomic E-state index is -0.632. The van der Waals surface area contributed by atoms with Crippen LogP contribution in [0.5, 0.6) is 0 Å². The van der Waals surface area contributed by atoms with Crippen molar-refractivity contribution >= 4 is 5.88 Å². The van der Waals surface area contributed by atoms with Crippen molar-refractivity contribution in [3.8, 4) is 11.1 Å². The average Bonchev–Trinajstić information content (AvgIpc) is 3.04. The molecule has 1 saturated carbocycles. The highest BCUT2D eigenvalue weighted by atomic mass is 19.1. The molecule has 1 heterocycles. The first-order chi connectivity index (χ1) is 10.1. The van der Waals surface area contributed by atoms with Gasteiger partial charge in [0.2, 0.25) is 5.88 Å². The van der Waals surface area contributed by atoms with Crippen molar-refractivity contribution in [2.24, 2.45) is 5.92 Å². The van der Waals surface area contributed by atoms with Gasteiger partial charge < -0.3 is 10.3 Å². The van der Waals surface area contributed by atoms with Gasteiger partial charge >= 0.3 is 0 Å². The molecular weight excluding hydrogens is 274 g/mol. The van der Waals surface area contributed by atoms with Crippen molar-refractivity contribution in [3.63, 3.8) is 0 Å². The lowest BCUT2D eigenvalue weighted by molar-refractivity contribution is 0.419. The summed E-state index contributed by atoms with van der Waals surface area (Å²) >= 11 is 0. The van der Waals surface area contributed by atoms with Gasteiger partial charge in [0.15, 0.2) is 0 Å². The molecule has 0 amide bonds. The molecule has 1 aromatic carbocycles. The zero-order valence-electron chi connectivity index (χ0n) is 11.7. The molecule has 1 aliphatic carbocycles. The van der Waals surface area contributed by atoms with Gasteiger partial charge in [-0.2, -0.15) is 0 Å². The molecule has 3 nitrogen and oxygen atoms in total. The van der Waals surface area contributed by atoms with Gasteiger partial charge in [-0.05, 0) is 36.5 Å². The largest absolute Gasteiger partial charge is 0.367 e. The van der Waals surface area contributed by atoms with Gasteiger partial charge in [0, 0.05) is 6.07 Å². The molecule has 112 valence electrons. The van der Waals surface area contributed by atoms with Gasteiger partial charge in [0.25, 0.3) is 0 Å². The predicted molar refractivity (Wildman–Crippen MR) is 76.5 cm³/mol. The third-order valence-electron chi connectivity index (χ3n) is 4.20. The lowest BCUT2D eigenvalue weighted by atomic mass is 9.97. The quantitative estimate of drug-likeness (QED) is 0.912. The van der Waals surface area contributed by atoms with Crippen LogP contribution in [0.4, 0.5) is 14.7 Å². The Balaban J connectivity index is 1.85. The Bertz CT molecular complexity index is 613. The maximum Gasteiger partial charge on any atom is 0.230 e. The van der Waals surface area contributed by atoms with Crippen molar-refractivity contribution in [1.29, 1.82) is 0 Å². The molecule has 1 aliphatic rings. The van der Waals surface area contributed by atoms with Crippen LogP contribution in [0.2, 0.25) is 0 Å². The zero-order valence-corrected chi connectivity index (χ0v) is 11.7. The summed E-state index contributed by atoms with van der Waals surface area (Å²) in [6.07, 6.45) is 6.80. The van der Waals surface area contributed by atoms with Crippen LogP contribution >= 0.6 is 0 Å². The summed E-state index contributed by atoms with van der Waals surface area (Å²) in [5.41, 5.74) is 7.37. The van der Waals surface area contributed by atoms with E-state index in [1.165, 1.54) is 37.8 Å². The molecule has 2 N–H and O–H groups in total. The summed E-state index contributed by atoms with van der Waals surface area (Å²) in [4.78, 5) is 0. The van der Waals surface area contributed by atoms with Gasteiger partial charge in [-0.1, -0.05) is 30.8 Å². The molecule has 0 aliphatic heterocycles. The average molecular weight is 292 g/mol. The van der Waals surface area contributed by atoms with E-state index in [0.29, 0.717) is 22.7 Å². The molecule has 2 aromatic rings. The molecule has 0 atom stereocenters. The highest BCUT2D eigenvalue weighted by molar-refractivity contribution is 5.75. The van der Waals surface area contributed by atoms with E-state index in [1.807, 2.05) is 0 Å². The Labute approximate surface area is 122 Å². The van der Waals surface area contributed by atoms with E-state index in [9.17, 15) is 8.78 Å². The minimum Gasteiger partial charge on any atom is -0.367 e. The SMILES string of the molecule is Nc1onc(CCC2CCCC2)c1-c1cc(F)cc(F)c1. The molecule has 1 aromatic heterocycles. The van der Waals surface area contributed by atoms with Crippen LogP contribution in [-0.2, 0) is 6.42 Å². The number of aryl methyl sites for hydroxylation is 1. The maximum atomic E-state index is 13.4. The Hall–Kier alpha value is -1.91. The summed E-state index contributed by atoms with van der Waals surface area (Å²) in [6, 6.07) is 3.35. The van der Waals surface area contributed by atoms with E-state index in [2.05, 4.69) is 5.16 Å². The standard InChI is InChI=1S/C16H18F2N2O/c17-12-7-11(8-13(18)9-12)15-14(20-21-16(15)19)6-5-10-3-1-2-4-10/h7-10H,1-6,19H2. The van der Waals surface area contributed by atoms with Crippen LogP contribution in [0, 0.1) is 17.6 Å². The van der Waals surface area contributed by atoms with Crippen molar-refractivity contribution < 1.29 is 13.3 Å². The fourth-order valence-corrected chi connectivity index (χ4v) is 3.16. The summed E-state index contributed by atoms with van der Waals surface area (Å²) in [5.74, 6) is -0.443. The maximum absolute atomic E-state index is 13.4. The number of benzene rings is 1. The van der Waals surface area contributed by atoms with E-state index >= 15 is 0 Å². The monoisotopic (exact) mass is 292 g/mol. The smallest absolute Gasteiger partial charge is 0.230 e. The molecule has 5 heteroatoms. The Morgan fingerprint density at radius 1 is 1.14 bits per heavy atom. The van der Waals surface area contributed by atoms with Crippen LogP contribution in [0.15, 0.2) is 22.7 Å². The lowest BCUT2D eigenvalue weighted by Gasteiger charge is -2.08. The van der Waals surface area contributed by atoms with E-state index in [4.69, 9.17) is 10.3 Å². The molecule has 3 rings (SSSR count). The van der Waals surface area contributed by atoms with E-state index in [0.717, 1.165) is 18.9 Å². The second kappa shape index (κ2) is 5.84. The number of rotatable bonds is 4. The molecule has 1 fully saturated rings. The van der Waals surface area contributed by atoms with Crippen LogP contribution in [0.1, 0.15) is 37.8 Å². The van der Waals surface area contributed by atoms with Crippen molar-refractivity contribution in [2.45, 2.75) is 38.5 Å². The second-order valence-corrected chi connectivity index (χ2v) is 5.72. The van der Waals surface area contributed by atoms with Crippen LogP contribution < -0.4 is 5.73 Å². The summed E-state index contributed by atoms with van der Waals surface area (Å²) < 4.78 is 31.8. The molecule has 0 unspecified atom stereocenters. The zero-order chi connectivity index (χ0) is 14.8.